The molecule has 0 saturated heterocycles. The van der Waals surface area contributed by atoms with Crippen LogP contribution in [0.15, 0.2) is 35.3 Å². The van der Waals surface area contributed by atoms with Crippen LogP contribution in [0.4, 0.5) is 0 Å². The zero-order chi connectivity index (χ0) is 17.4. The molecule has 3 N–H and O–H groups in total. The molecule has 7 heteroatoms. The van der Waals surface area contributed by atoms with E-state index in [1.54, 1.807) is 7.05 Å². The summed E-state index contributed by atoms with van der Waals surface area (Å²) in [6.45, 7) is 2.93. The fraction of sp³-hybridized carbons (Fsp3) is 0.588. The van der Waals surface area contributed by atoms with Gasteiger partial charge >= 0.3 is 0 Å². The predicted octanol–water partition coefficient (Wildman–Crippen LogP) is 1.63. The summed E-state index contributed by atoms with van der Waals surface area (Å²) in [4.78, 5) is 4.15. The largest absolute Gasteiger partial charge is 0.355 e. The van der Waals surface area contributed by atoms with Gasteiger partial charge in [-0.2, -0.15) is 0 Å². The van der Waals surface area contributed by atoms with E-state index in [1.165, 1.54) is 6.42 Å². The molecule has 1 saturated carbocycles. The van der Waals surface area contributed by atoms with Gasteiger partial charge in [0.2, 0.25) is 10.0 Å². The third kappa shape index (κ3) is 6.13. The van der Waals surface area contributed by atoms with Crippen molar-refractivity contribution in [1.82, 2.24) is 15.4 Å². The molecule has 1 aliphatic carbocycles. The lowest BCUT2D eigenvalue weighted by molar-refractivity contribution is 0.316. The minimum atomic E-state index is -3.23. The highest BCUT2D eigenvalue weighted by Gasteiger charge is 2.20. The first-order chi connectivity index (χ1) is 11.5. The highest BCUT2D eigenvalue weighted by Crippen LogP contribution is 2.25. The molecule has 0 heterocycles. The third-order valence-corrected chi connectivity index (χ3v) is 5.70. The molecule has 0 amide bonds. The number of sulfonamides is 1. The lowest BCUT2D eigenvalue weighted by atomic mass is 9.86. The Morgan fingerprint density at radius 2 is 2.00 bits per heavy atom. The number of guanidine groups is 1. The van der Waals surface area contributed by atoms with Crippen molar-refractivity contribution in [2.24, 2.45) is 10.9 Å². The molecular formula is C17H28N4O2S. The van der Waals surface area contributed by atoms with E-state index in [0.29, 0.717) is 25.0 Å². The molecule has 1 atom stereocenters. The minimum Gasteiger partial charge on any atom is -0.355 e. The van der Waals surface area contributed by atoms with Crippen LogP contribution in [0.5, 0.6) is 0 Å². The van der Waals surface area contributed by atoms with E-state index < -0.39 is 10.0 Å². The van der Waals surface area contributed by atoms with Crippen LogP contribution in [0, 0.1) is 5.92 Å². The van der Waals surface area contributed by atoms with Gasteiger partial charge in [0, 0.05) is 20.1 Å². The van der Waals surface area contributed by atoms with Crippen molar-refractivity contribution in [2.75, 3.05) is 25.9 Å². The molecule has 0 aliphatic heterocycles. The van der Waals surface area contributed by atoms with E-state index >= 15 is 0 Å². The van der Waals surface area contributed by atoms with E-state index in [2.05, 4.69) is 20.3 Å². The van der Waals surface area contributed by atoms with E-state index in [-0.39, 0.29) is 11.8 Å². The highest BCUT2D eigenvalue weighted by atomic mass is 32.2. The standard InChI is InChI=1S/C17H28N4O2S/c1-14(16-9-4-3-5-10-16)21-17(18-2)19-11-12-24(22,23)20-13-15-7-6-8-15/h3-5,9-10,14-15,20H,6-8,11-13H2,1-2H3,(H2,18,19,21). The average molecular weight is 353 g/mol. The van der Waals surface area contributed by atoms with Crippen LogP contribution in [-0.4, -0.2) is 40.3 Å². The molecule has 1 fully saturated rings. The highest BCUT2D eigenvalue weighted by molar-refractivity contribution is 7.89. The summed E-state index contributed by atoms with van der Waals surface area (Å²) in [5.74, 6) is 1.16. The number of hydrogen-bond acceptors (Lipinski definition) is 3. The summed E-state index contributed by atoms with van der Waals surface area (Å²) in [5, 5.41) is 6.32. The fourth-order valence-electron chi connectivity index (χ4n) is 2.54. The Morgan fingerprint density at radius 1 is 1.29 bits per heavy atom. The van der Waals surface area contributed by atoms with Gasteiger partial charge in [0.25, 0.3) is 0 Å². The maximum Gasteiger partial charge on any atom is 0.213 e. The van der Waals surface area contributed by atoms with Gasteiger partial charge in [-0.1, -0.05) is 36.8 Å². The van der Waals surface area contributed by atoms with Gasteiger partial charge in [0.1, 0.15) is 0 Å². The van der Waals surface area contributed by atoms with Crippen LogP contribution < -0.4 is 15.4 Å². The molecule has 6 nitrogen and oxygen atoms in total. The molecule has 1 aliphatic rings. The normalized spacial score (nSPS) is 17.2. The summed E-state index contributed by atoms with van der Waals surface area (Å²) in [5.41, 5.74) is 1.15. The van der Waals surface area contributed by atoms with Gasteiger partial charge in [-0.3, -0.25) is 4.99 Å². The van der Waals surface area contributed by atoms with Gasteiger partial charge in [-0.05, 0) is 31.2 Å². The van der Waals surface area contributed by atoms with Crippen LogP contribution in [0.3, 0.4) is 0 Å². The Bertz CT molecular complexity index is 627. The zero-order valence-electron chi connectivity index (χ0n) is 14.5. The maximum atomic E-state index is 12.0. The molecule has 0 radical (unpaired) electrons. The van der Waals surface area contributed by atoms with Gasteiger partial charge in [-0.25, -0.2) is 13.1 Å². The van der Waals surface area contributed by atoms with Crippen molar-refractivity contribution in [1.29, 1.82) is 0 Å². The van der Waals surface area contributed by atoms with E-state index in [4.69, 9.17) is 0 Å². The van der Waals surface area contributed by atoms with E-state index in [9.17, 15) is 8.42 Å². The van der Waals surface area contributed by atoms with Gasteiger partial charge < -0.3 is 10.6 Å². The summed E-state index contributed by atoms with van der Waals surface area (Å²) >= 11 is 0. The molecule has 0 spiro atoms. The number of benzene rings is 1. The zero-order valence-corrected chi connectivity index (χ0v) is 15.3. The Balaban J connectivity index is 1.72. The quantitative estimate of drug-likeness (QED) is 0.491. The van der Waals surface area contributed by atoms with E-state index in [0.717, 1.165) is 18.4 Å². The number of nitrogens with one attached hydrogen (secondary N) is 3. The Morgan fingerprint density at radius 3 is 2.58 bits per heavy atom. The number of rotatable bonds is 8. The first kappa shape index (κ1) is 18.7. The van der Waals surface area contributed by atoms with Crippen molar-refractivity contribution in [3.05, 3.63) is 35.9 Å². The first-order valence-electron chi connectivity index (χ1n) is 8.49. The van der Waals surface area contributed by atoms with Crippen LogP contribution >= 0.6 is 0 Å². The van der Waals surface area contributed by atoms with Crippen LogP contribution in [0.25, 0.3) is 0 Å². The van der Waals surface area contributed by atoms with Gasteiger partial charge in [0.05, 0.1) is 11.8 Å². The minimum absolute atomic E-state index is 0.0418. The van der Waals surface area contributed by atoms with Crippen LogP contribution in [0.2, 0.25) is 0 Å². The maximum absolute atomic E-state index is 12.0. The van der Waals surface area contributed by atoms with Crippen molar-refractivity contribution in [3.8, 4) is 0 Å². The van der Waals surface area contributed by atoms with Crippen molar-refractivity contribution < 1.29 is 8.42 Å². The second-order valence-corrected chi connectivity index (χ2v) is 8.17. The van der Waals surface area contributed by atoms with Crippen LogP contribution in [-0.2, 0) is 10.0 Å². The Hall–Kier alpha value is -1.60. The summed E-state index contributed by atoms with van der Waals surface area (Å²) < 4.78 is 26.6. The second kappa shape index (κ2) is 9.03. The van der Waals surface area contributed by atoms with Crippen molar-refractivity contribution in [3.63, 3.8) is 0 Å². The molecule has 1 aromatic rings. The van der Waals surface area contributed by atoms with E-state index in [1.807, 2.05) is 37.3 Å². The smallest absolute Gasteiger partial charge is 0.213 e. The number of hydrogen-bond donors (Lipinski definition) is 3. The van der Waals surface area contributed by atoms with Gasteiger partial charge in [0.15, 0.2) is 5.96 Å². The molecule has 1 unspecified atom stereocenters. The lowest BCUT2D eigenvalue weighted by Crippen LogP contribution is -2.42. The molecule has 0 bridgehead atoms. The molecule has 24 heavy (non-hydrogen) atoms. The number of nitrogens with zero attached hydrogens (tertiary/aromatic N) is 1. The summed E-state index contributed by atoms with van der Waals surface area (Å²) in [6, 6.07) is 10.1. The molecule has 0 aromatic heterocycles. The summed E-state index contributed by atoms with van der Waals surface area (Å²) in [7, 11) is -1.56. The summed E-state index contributed by atoms with van der Waals surface area (Å²) in [6.07, 6.45) is 3.49. The van der Waals surface area contributed by atoms with Crippen molar-refractivity contribution >= 4 is 16.0 Å². The average Bonchev–Trinajstić information content (AvgIpc) is 2.52. The molecular weight excluding hydrogens is 324 g/mol. The first-order valence-corrected chi connectivity index (χ1v) is 10.1. The predicted molar refractivity (Wildman–Crippen MR) is 98.5 cm³/mol. The molecule has 134 valence electrons. The fourth-order valence-corrected chi connectivity index (χ4v) is 3.55. The topological polar surface area (TPSA) is 82.6 Å². The monoisotopic (exact) mass is 352 g/mol. The lowest BCUT2D eigenvalue weighted by Gasteiger charge is -2.25. The Kier molecular flexibility index (Phi) is 7.05. The van der Waals surface area contributed by atoms with Gasteiger partial charge in [-0.15, -0.1) is 0 Å². The second-order valence-electron chi connectivity index (χ2n) is 6.24. The van der Waals surface area contributed by atoms with Crippen LogP contribution in [0.1, 0.15) is 37.8 Å². The Labute approximate surface area is 145 Å². The SMILES string of the molecule is CN=C(NCCS(=O)(=O)NCC1CCC1)NC(C)c1ccccc1. The van der Waals surface area contributed by atoms with Crippen molar-refractivity contribution in [2.45, 2.75) is 32.2 Å². The third-order valence-electron chi connectivity index (χ3n) is 4.36. The number of aliphatic imine (C=N–C) groups is 1. The molecule has 2 rings (SSSR count). The molecule has 1 aromatic carbocycles.